The van der Waals surface area contributed by atoms with E-state index < -0.39 is 0 Å². The fourth-order valence-electron chi connectivity index (χ4n) is 3.20. The molecule has 1 aliphatic heterocycles. The summed E-state index contributed by atoms with van der Waals surface area (Å²) in [6, 6.07) is 10.6. The summed E-state index contributed by atoms with van der Waals surface area (Å²) >= 11 is 0. The van der Waals surface area contributed by atoms with Crippen LogP contribution in [0, 0.1) is 0 Å². The number of quaternary nitrogens is 2. The summed E-state index contributed by atoms with van der Waals surface area (Å²) in [7, 11) is 0. The molecule has 0 bridgehead atoms. The summed E-state index contributed by atoms with van der Waals surface area (Å²) in [5.41, 5.74) is 1.32. The van der Waals surface area contributed by atoms with Gasteiger partial charge in [-0.3, -0.25) is 0 Å². The first-order valence-corrected chi connectivity index (χ1v) is 8.38. The molecule has 4 heteroatoms. The zero-order chi connectivity index (χ0) is 15.1. The minimum absolute atomic E-state index is 0.168. The second-order valence-corrected chi connectivity index (χ2v) is 6.09. The number of hydrogen-bond donors (Lipinski definition) is 3. The average molecular weight is 293 g/mol. The number of benzene rings is 1. The SMILES string of the molecule is CC[NH+](CC)C[C@@H](O)C[NH+]1CCN(c2ccccc2)CC1. The van der Waals surface area contributed by atoms with Gasteiger partial charge in [-0.2, -0.15) is 0 Å². The first-order valence-electron chi connectivity index (χ1n) is 8.38. The van der Waals surface area contributed by atoms with Crippen LogP contribution in [0.4, 0.5) is 5.69 Å². The molecule has 0 spiro atoms. The first kappa shape index (κ1) is 16.3. The van der Waals surface area contributed by atoms with Gasteiger partial charge < -0.3 is 19.8 Å². The Hall–Kier alpha value is -1.10. The van der Waals surface area contributed by atoms with Crippen LogP contribution in [0.3, 0.4) is 0 Å². The first-order chi connectivity index (χ1) is 10.2. The van der Waals surface area contributed by atoms with Gasteiger partial charge in [0.05, 0.1) is 39.3 Å². The minimum atomic E-state index is -0.168. The van der Waals surface area contributed by atoms with Crippen LogP contribution in [0.2, 0.25) is 0 Å². The Kier molecular flexibility index (Phi) is 6.49. The van der Waals surface area contributed by atoms with Crippen molar-refractivity contribution in [2.75, 3.05) is 57.3 Å². The lowest BCUT2D eigenvalue weighted by molar-refractivity contribution is -0.923. The highest BCUT2D eigenvalue weighted by atomic mass is 16.3. The van der Waals surface area contributed by atoms with Gasteiger partial charge in [-0.1, -0.05) is 18.2 Å². The van der Waals surface area contributed by atoms with Gasteiger partial charge in [-0.15, -0.1) is 0 Å². The molecule has 1 aromatic rings. The number of aliphatic hydroxyl groups excluding tert-OH is 1. The lowest BCUT2D eigenvalue weighted by Gasteiger charge is -2.34. The predicted octanol–water partition coefficient (Wildman–Crippen LogP) is -1.32. The Labute approximate surface area is 129 Å². The van der Waals surface area contributed by atoms with Gasteiger partial charge in [-0.25, -0.2) is 0 Å². The standard InChI is InChI=1S/C17H29N3O/c1-3-18(4-2)14-17(21)15-19-10-12-20(13-11-19)16-8-6-5-7-9-16/h5-9,17,21H,3-4,10-15H2,1-2H3/p+2/t17-/m1/s1. The largest absolute Gasteiger partial charge is 0.382 e. The normalized spacial score (nSPS) is 18.2. The summed E-state index contributed by atoms with van der Waals surface area (Å²) < 4.78 is 0. The highest BCUT2D eigenvalue weighted by Crippen LogP contribution is 2.12. The number of para-hydroxylation sites is 1. The molecule has 1 aliphatic rings. The third kappa shape index (κ3) is 4.99. The zero-order valence-corrected chi connectivity index (χ0v) is 13.5. The van der Waals surface area contributed by atoms with Crippen LogP contribution >= 0.6 is 0 Å². The Morgan fingerprint density at radius 2 is 1.76 bits per heavy atom. The van der Waals surface area contributed by atoms with E-state index in [1.54, 1.807) is 4.90 Å². The highest BCUT2D eigenvalue weighted by Gasteiger charge is 2.24. The summed E-state index contributed by atoms with van der Waals surface area (Å²) in [5.74, 6) is 0. The topological polar surface area (TPSA) is 32.4 Å². The van der Waals surface area contributed by atoms with E-state index in [1.165, 1.54) is 10.6 Å². The molecule has 1 aromatic carbocycles. The second-order valence-electron chi connectivity index (χ2n) is 6.09. The van der Waals surface area contributed by atoms with Crippen molar-refractivity contribution in [2.24, 2.45) is 0 Å². The lowest BCUT2D eigenvalue weighted by atomic mass is 10.2. The van der Waals surface area contributed by atoms with Crippen LogP contribution < -0.4 is 14.7 Å². The maximum absolute atomic E-state index is 10.3. The van der Waals surface area contributed by atoms with Crippen molar-refractivity contribution in [3.63, 3.8) is 0 Å². The maximum Gasteiger partial charge on any atom is 0.152 e. The van der Waals surface area contributed by atoms with Crippen LogP contribution in [0.5, 0.6) is 0 Å². The third-order valence-electron chi connectivity index (χ3n) is 4.64. The molecule has 0 aliphatic carbocycles. The number of aliphatic hydroxyl groups is 1. The fraction of sp³-hybridized carbons (Fsp3) is 0.647. The molecule has 1 heterocycles. The van der Waals surface area contributed by atoms with Gasteiger partial charge in [0, 0.05) is 5.69 Å². The van der Waals surface area contributed by atoms with Crippen LogP contribution in [-0.4, -0.2) is 63.6 Å². The number of rotatable bonds is 7. The molecule has 1 fully saturated rings. The van der Waals surface area contributed by atoms with Crippen molar-refractivity contribution in [2.45, 2.75) is 20.0 Å². The molecule has 0 unspecified atom stereocenters. The molecule has 0 saturated carbocycles. The van der Waals surface area contributed by atoms with Crippen molar-refractivity contribution in [1.29, 1.82) is 0 Å². The molecule has 118 valence electrons. The molecule has 3 N–H and O–H groups in total. The minimum Gasteiger partial charge on any atom is -0.382 e. The molecule has 0 aromatic heterocycles. The number of hydrogen-bond acceptors (Lipinski definition) is 2. The second kappa shape index (κ2) is 8.37. The van der Waals surface area contributed by atoms with Gasteiger partial charge in [-0.05, 0) is 26.0 Å². The number of anilines is 1. The maximum atomic E-state index is 10.3. The zero-order valence-electron chi connectivity index (χ0n) is 13.5. The molecule has 21 heavy (non-hydrogen) atoms. The van der Waals surface area contributed by atoms with Crippen LogP contribution in [-0.2, 0) is 0 Å². The monoisotopic (exact) mass is 293 g/mol. The van der Waals surface area contributed by atoms with E-state index in [-0.39, 0.29) is 6.10 Å². The van der Waals surface area contributed by atoms with E-state index in [0.717, 1.165) is 52.4 Å². The smallest absolute Gasteiger partial charge is 0.152 e. The van der Waals surface area contributed by atoms with Gasteiger partial charge in [0.1, 0.15) is 13.1 Å². The Morgan fingerprint density at radius 1 is 1.14 bits per heavy atom. The molecule has 0 amide bonds. The van der Waals surface area contributed by atoms with Gasteiger partial charge >= 0.3 is 0 Å². The molecule has 1 saturated heterocycles. The Balaban J connectivity index is 1.74. The molecular formula is C17H31N3O+2. The molecule has 1 atom stereocenters. The highest BCUT2D eigenvalue weighted by molar-refractivity contribution is 5.45. The Bertz CT molecular complexity index is 386. The van der Waals surface area contributed by atoms with E-state index in [4.69, 9.17) is 0 Å². The summed E-state index contributed by atoms with van der Waals surface area (Å²) in [6.07, 6.45) is -0.168. The number of piperazine rings is 1. The number of likely N-dealkylation sites (N-methyl/N-ethyl adjacent to an activating group) is 1. The molecule has 0 radical (unpaired) electrons. The lowest BCUT2D eigenvalue weighted by Crippen LogP contribution is -3.18. The average Bonchev–Trinajstić information content (AvgIpc) is 2.54. The van der Waals surface area contributed by atoms with Crippen molar-refractivity contribution >= 4 is 5.69 Å². The number of nitrogens with zero attached hydrogens (tertiary/aromatic N) is 1. The van der Waals surface area contributed by atoms with Crippen molar-refractivity contribution in [1.82, 2.24) is 0 Å². The summed E-state index contributed by atoms with van der Waals surface area (Å²) in [6.45, 7) is 12.8. The van der Waals surface area contributed by atoms with E-state index in [9.17, 15) is 5.11 Å². The summed E-state index contributed by atoms with van der Waals surface area (Å²) in [4.78, 5) is 5.48. The van der Waals surface area contributed by atoms with E-state index in [0.29, 0.717) is 0 Å². The molecular weight excluding hydrogens is 262 g/mol. The molecule has 4 nitrogen and oxygen atoms in total. The van der Waals surface area contributed by atoms with Crippen LogP contribution in [0.25, 0.3) is 0 Å². The van der Waals surface area contributed by atoms with Gasteiger partial charge in [0.2, 0.25) is 0 Å². The fourth-order valence-corrected chi connectivity index (χ4v) is 3.20. The van der Waals surface area contributed by atoms with Gasteiger partial charge in [0.25, 0.3) is 0 Å². The van der Waals surface area contributed by atoms with Crippen molar-refractivity contribution < 1.29 is 14.9 Å². The quantitative estimate of drug-likeness (QED) is 0.583. The molecule has 2 rings (SSSR count). The van der Waals surface area contributed by atoms with Crippen LogP contribution in [0.1, 0.15) is 13.8 Å². The summed E-state index contributed by atoms with van der Waals surface area (Å²) in [5, 5.41) is 10.3. The van der Waals surface area contributed by atoms with Crippen molar-refractivity contribution in [3.05, 3.63) is 30.3 Å². The van der Waals surface area contributed by atoms with Gasteiger partial charge in [0.15, 0.2) is 6.10 Å². The Morgan fingerprint density at radius 3 is 2.33 bits per heavy atom. The third-order valence-corrected chi connectivity index (χ3v) is 4.64. The van der Waals surface area contributed by atoms with E-state index in [1.807, 2.05) is 0 Å². The number of nitrogens with one attached hydrogen (secondary N) is 2. The van der Waals surface area contributed by atoms with E-state index >= 15 is 0 Å². The van der Waals surface area contributed by atoms with Crippen LogP contribution in [0.15, 0.2) is 30.3 Å². The van der Waals surface area contributed by atoms with E-state index in [2.05, 4.69) is 49.1 Å². The predicted molar refractivity (Wildman–Crippen MR) is 87.1 cm³/mol. The van der Waals surface area contributed by atoms with Crippen molar-refractivity contribution in [3.8, 4) is 0 Å².